The van der Waals surface area contributed by atoms with Crippen molar-refractivity contribution in [3.63, 3.8) is 0 Å². The number of nitrogens with one attached hydrogen (secondary N) is 3. The lowest BCUT2D eigenvalue weighted by Gasteiger charge is -2.39. The second kappa shape index (κ2) is 17.4. The van der Waals surface area contributed by atoms with Gasteiger partial charge in [0.1, 0.15) is 17.3 Å². The Bertz CT molecular complexity index is 1740. The lowest BCUT2D eigenvalue weighted by Crippen LogP contribution is -2.51. The topological polar surface area (TPSA) is 172 Å². The van der Waals surface area contributed by atoms with Gasteiger partial charge in [0.2, 0.25) is 0 Å². The van der Waals surface area contributed by atoms with Gasteiger partial charge in [-0.05, 0) is 89.0 Å². The van der Waals surface area contributed by atoms with Crippen LogP contribution in [0.25, 0.3) is 0 Å². The van der Waals surface area contributed by atoms with Crippen LogP contribution in [-0.4, -0.2) is 102 Å². The molecule has 3 amide bonds. The van der Waals surface area contributed by atoms with Gasteiger partial charge in [-0.2, -0.15) is 0 Å². The van der Waals surface area contributed by atoms with E-state index in [1.54, 1.807) is 18.2 Å². The number of hydrogen-bond acceptors (Lipinski definition) is 11. The fraction of sp³-hybridized carbons (Fsp3) is 0.707. The maximum atomic E-state index is 12.0. The molecule has 10 rings (SSSR count). The first kappa shape index (κ1) is 37.9. The van der Waals surface area contributed by atoms with Gasteiger partial charge in [0.05, 0.1) is 0 Å². The van der Waals surface area contributed by atoms with Gasteiger partial charge in [0, 0.05) is 100 Å². The van der Waals surface area contributed by atoms with Crippen LogP contribution in [0.1, 0.15) is 150 Å². The molecule has 5 heterocycles. The van der Waals surface area contributed by atoms with Crippen LogP contribution >= 0.6 is 0 Å². The van der Waals surface area contributed by atoms with Gasteiger partial charge < -0.3 is 39.3 Å². The van der Waals surface area contributed by atoms with E-state index in [1.165, 1.54) is 64.5 Å². The van der Waals surface area contributed by atoms with Gasteiger partial charge >= 0.3 is 0 Å². The van der Waals surface area contributed by atoms with Crippen molar-refractivity contribution in [1.82, 2.24) is 41.2 Å². The van der Waals surface area contributed by atoms with Gasteiger partial charge in [-0.1, -0.05) is 28.8 Å². The summed E-state index contributed by atoms with van der Waals surface area (Å²) in [5.74, 6) is 6.66. The third-order valence-corrected chi connectivity index (χ3v) is 11.9. The molecule has 14 heteroatoms. The third kappa shape index (κ3) is 10.8. The zero-order chi connectivity index (χ0) is 37.7. The number of carbonyl (C=O) groups is 3. The summed E-state index contributed by atoms with van der Waals surface area (Å²) in [6.07, 6.45) is 14.8. The van der Waals surface area contributed by atoms with Crippen LogP contribution in [0, 0.1) is 23.7 Å². The van der Waals surface area contributed by atoms with Crippen molar-refractivity contribution >= 4 is 17.7 Å². The lowest BCUT2D eigenvalue weighted by atomic mass is 9.85. The Labute approximate surface area is 323 Å². The third-order valence-electron chi connectivity index (χ3n) is 11.9. The first-order chi connectivity index (χ1) is 26.9. The van der Waals surface area contributed by atoms with E-state index < -0.39 is 0 Å². The van der Waals surface area contributed by atoms with Crippen molar-refractivity contribution in [2.45, 2.75) is 102 Å². The highest BCUT2D eigenvalue weighted by Crippen LogP contribution is 2.41. The minimum absolute atomic E-state index is 0.0949. The highest BCUT2D eigenvalue weighted by atomic mass is 16.5. The molecule has 0 atom stereocenters. The summed E-state index contributed by atoms with van der Waals surface area (Å²) in [5, 5.41) is 20.4. The summed E-state index contributed by atoms with van der Waals surface area (Å²) in [7, 11) is 0. The Balaban J connectivity index is 0.000000117. The van der Waals surface area contributed by atoms with E-state index in [4.69, 9.17) is 13.6 Å². The molecular weight excluding hydrogens is 701 g/mol. The average molecular weight is 759 g/mol. The molecule has 7 fully saturated rings. The molecular formula is C41H58N8O6. The minimum atomic E-state index is -0.107. The summed E-state index contributed by atoms with van der Waals surface area (Å²) in [4.78, 5) is 40.5. The fourth-order valence-corrected chi connectivity index (χ4v) is 7.47. The van der Waals surface area contributed by atoms with Crippen LogP contribution in [0.3, 0.4) is 0 Å². The molecule has 5 saturated carbocycles. The van der Waals surface area contributed by atoms with E-state index in [1.807, 2.05) is 0 Å². The Kier molecular flexibility index (Phi) is 12.0. The van der Waals surface area contributed by atoms with E-state index in [0.717, 1.165) is 94.7 Å². The van der Waals surface area contributed by atoms with Crippen molar-refractivity contribution < 1.29 is 28.0 Å². The molecule has 0 bridgehead atoms. The summed E-state index contributed by atoms with van der Waals surface area (Å²) < 4.78 is 15.5. The summed E-state index contributed by atoms with van der Waals surface area (Å²) in [5.41, 5.74) is 1.29. The van der Waals surface area contributed by atoms with Crippen molar-refractivity contribution in [2.75, 3.05) is 58.9 Å². The first-order valence-electron chi connectivity index (χ1n) is 21.1. The average Bonchev–Trinajstić information content (AvgIpc) is 3.96. The highest BCUT2D eigenvalue weighted by Gasteiger charge is 2.34. The van der Waals surface area contributed by atoms with Crippen LogP contribution in [0.2, 0.25) is 0 Å². The predicted octanol–water partition coefficient (Wildman–Crippen LogP) is 5.33. The van der Waals surface area contributed by atoms with Crippen LogP contribution < -0.4 is 16.0 Å². The number of carbonyl (C=O) groups excluding carboxylic acids is 3. The zero-order valence-corrected chi connectivity index (χ0v) is 32.3. The van der Waals surface area contributed by atoms with E-state index in [2.05, 4.69) is 48.1 Å². The molecule has 0 unspecified atom stereocenters. The standard InChI is InChI=1S/C15H21N3O2.C14H21N3O2.C12H16N2O2/c19-15(13-5-14(20-17-13)12-3-4-12)16-6-11-8-18(9-11)7-10-1-2-10;1-2-5-17-8-10(9-17)7-15-14(18)12-6-13(19-16-12)11-3-4-11;15-12(13-7-8-2-1-3-8)10-6-11(16-14-10)9-4-5-9/h5,10-12H,1-4,6-9H2,(H,16,19);6,10-11H,2-5,7-9H2,1H3,(H,15,18);6,8-9H,1-5,7H2,(H,13,15). The van der Waals surface area contributed by atoms with Crippen molar-refractivity contribution in [3.8, 4) is 0 Å². The molecule has 3 aromatic heterocycles. The van der Waals surface area contributed by atoms with Crippen molar-refractivity contribution in [3.05, 3.63) is 52.6 Å². The largest absolute Gasteiger partial charge is 0.360 e. The van der Waals surface area contributed by atoms with Crippen molar-refractivity contribution in [1.29, 1.82) is 0 Å². The van der Waals surface area contributed by atoms with Crippen LogP contribution in [-0.2, 0) is 0 Å². The number of nitrogens with zero attached hydrogens (tertiary/aromatic N) is 5. The lowest BCUT2D eigenvalue weighted by molar-refractivity contribution is 0.0806. The maximum Gasteiger partial charge on any atom is 0.273 e. The fourth-order valence-electron chi connectivity index (χ4n) is 7.47. The number of likely N-dealkylation sites (tertiary alicyclic amines) is 2. The summed E-state index contributed by atoms with van der Waals surface area (Å²) in [6.45, 7) is 11.3. The second-order valence-electron chi connectivity index (χ2n) is 17.2. The molecule has 55 heavy (non-hydrogen) atoms. The quantitative estimate of drug-likeness (QED) is 0.173. The molecule has 14 nitrogen and oxygen atoms in total. The SMILES string of the molecule is CCCN1CC(CNC(=O)c2cc(C3CC3)on2)C1.O=C(NCC1CCC1)c1cc(C2CC2)on1.O=C(NCC1CN(CC2CC2)C1)c1cc(C2CC2)on1. The molecule has 2 aliphatic heterocycles. The molecule has 0 aromatic carbocycles. The second-order valence-corrected chi connectivity index (χ2v) is 17.2. The molecule has 0 spiro atoms. The summed E-state index contributed by atoms with van der Waals surface area (Å²) in [6, 6.07) is 5.37. The smallest absolute Gasteiger partial charge is 0.273 e. The van der Waals surface area contributed by atoms with Crippen LogP contribution in [0.4, 0.5) is 0 Å². The Morgan fingerprint density at radius 3 is 1.31 bits per heavy atom. The number of amides is 3. The summed E-state index contributed by atoms with van der Waals surface area (Å²) >= 11 is 0. The van der Waals surface area contributed by atoms with E-state index in [9.17, 15) is 14.4 Å². The van der Waals surface area contributed by atoms with Crippen molar-refractivity contribution in [2.24, 2.45) is 23.7 Å². The molecule has 2 saturated heterocycles. The molecule has 5 aliphatic carbocycles. The normalized spacial score (nSPS) is 21.5. The van der Waals surface area contributed by atoms with Gasteiger partial charge in [-0.25, -0.2) is 0 Å². The monoisotopic (exact) mass is 758 g/mol. The van der Waals surface area contributed by atoms with E-state index in [0.29, 0.717) is 52.6 Å². The molecule has 7 aliphatic rings. The number of aromatic nitrogens is 3. The van der Waals surface area contributed by atoms with Gasteiger partial charge in [-0.15, -0.1) is 0 Å². The molecule has 298 valence electrons. The van der Waals surface area contributed by atoms with Crippen LogP contribution in [0.5, 0.6) is 0 Å². The number of hydrogen-bond donors (Lipinski definition) is 3. The zero-order valence-electron chi connectivity index (χ0n) is 32.3. The predicted molar refractivity (Wildman–Crippen MR) is 203 cm³/mol. The molecule has 0 radical (unpaired) electrons. The Morgan fingerprint density at radius 1 is 0.564 bits per heavy atom. The van der Waals surface area contributed by atoms with E-state index in [-0.39, 0.29) is 17.7 Å². The van der Waals surface area contributed by atoms with Gasteiger partial charge in [0.15, 0.2) is 17.1 Å². The highest BCUT2D eigenvalue weighted by molar-refractivity contribution is 5.93. The number of rotatable bonds is 16. The first-order valence-corrected chi connectivity index (χ1v) is 21.1. The van der Waals surface area contributed by atoms with Gasteiger partial charge in [-0.3, -0.25) is 14.4 Å². The van der Waals surface area contributed by atoms with Crippen LogP contribution in [0.15, 0.2) is 31.8 Å². The maximum absolute atomic E-state index is 12.0. The Hall–Kier alpha value is -4.04. The molecule has 3 aromatic rings. The van der Waals surface area contributed by atoms with Gasteiger partial charge in [0.25, 0.3) is 17.7 Å². The Morgan fingerprint density at radius 2 is 0.964 bits per heavy atom. The molecule has 3 N–H and O–H groups in total. The van der Waals surface area contributed by atoms with E-state index >= 15 is 0 Å². The minimum Gasteiger partial charge on any atom is -0.360 e.